The van der Waals surface area contributed by atoms with Gasteiger partial charge in [0.1, 0.15) is 11.8 Å². The van der Waals surface area contributed by atoms with E-state index in [1.54, 1.807) is 17.0 Å². The Morgan fingerprint density at radius 1 is 1.35 bits per heavy atom. The monoisotopic (exact) mass is 300 g/mol. The van der Waals surface area contributed by atoms with Gasteiger partial charge in [0.2, 0.25) is 0 Å². The van der Waals surface area contributed by atoms with Gasteiger partial charge in [-0.15, -0.1) is 12.4 Å². The molecular weight excluding hydrogens is 280 g/mol. The number of nitrogen functional groups attached to an aromatic ring is 1. The molecule has 0 radical (unpaired) electrons. The number of benzene rings is 1. The summed E-state index contributed by atoms with van der Waals surface area (Å²) >= 11 is 0. The molecule has 0 amide bonds. The van der Waals surface area contributed by atoms with Gasteiger partial charge in [0.25, 0.3) is 0 Å². The fourth-order valence-corrected chi connectivity index (χ4v) is 1.83. The highest BCUT2D eigenvalue weighted by Gasteiger charge is 2.22. The van der Waals surface area contributed by atoms with Crippen molar-refractivity contribution in [3.63, 3.8) is 0 Å². The molecule has 0 saturated carbocycles. The number of ether oxygens (including phenoxy) is 1. The molecule has 0 spiro atoms. The third-order valence-electron chi connectivity index (χ3n) is 2.88. The molecule has 1 atom stereocenters. The first-order chi connectivity index (χ1) is 8.86. The van der Waals surface area contributed by atoms with Gasteiger partial charge in [0.15, 0.2) is 5.78 Å². The fourth-order valence-electron chi connectivity index (χ4n) is 1.83. The van der Waals surface area contributed by atoms with Gasteiger partial charge in [-0.2, -0.15) is 0 Å². The van der Waals surface area contributed by atoms with Crippen LogP contribution in [0.5, 0.6) is 5.75 Å². The lowest BCUT2D eigenvalue weighted by Crippen LogP contribution is -2.38. The zero-order valence-corrected chi connectivity index (χ0v) is 13.0. The van der Waals surface area contributed by atoms with Gasteiger partial charge in [-0.05, 0) is 45.6 Å². The van der Waals surface area contributed by atoms with Crippen LogP contribution in [-0.4, -0.2) is 36.8 Å². The predicted molar refractivity (Wildman–Crippen MR) is 81.5 cm³/mol. The lowest BCUT2D eigenvalue weighted by atomic mass is 10.1. The first-order valence-electron chi connectivity index (χ1n) is 6.15. The Balaban J connectivity index is 0.00000361. The summed E-state index contributed by atoms with van der Waals surface area (Å²) < 4.78 is 5.32. The Kier molecular flexibility index (Phi) is 7.24. The molecule has 1 unspecified atom stereocenters. The van der Waals surface area contributed by atoms with Crippen molar-refractivity contribution in [3.8, 4) is 5.75 Å². The van der Waals surface area contributed by atoms with Gasteiger partial charge < -0.3 is 10.5 Å². The number of esters is 1. The molecule has 0 heterocycles. The van der Waals surface area contributed by atoms with E-state index in [-0.39, 0.29) is 36.0 Å². The van der Waals surface area contributed by atoms with Crippen LogP contribution in [0.2, 0.25) is 0 Å². The number of nitrogens with two attached hydrogens (primary N) is 1. The molecule has 6 heteroatoms. The number of carbonyl (C=O) groups excluding carboxylic acids is 2. The van der Waals surface area contributed by atoms with E-state index in [0.717, 1.165) is 0 Å². The molecule has 0 saturated heterocycles. The molecule has 1 rings (SSSR count). The largest absolute Gasteiger partial charge is 0.425 e. The lowest BCUT2D eigenvalue weighted by Gasteiger charge is -2.21. The third kappa shape index (κ3) is 4.51. The number of hydrogen-bond acceptors (Lipinski definition) is 5. The minimum atomic E-state index is -0.375. The third-order valence-corrected chi connectivity index (χ3v) is 2.88. The van der Waals surface area contributed by atoms with Crippen LogP contribution in [0.3, 0.4) is 0 Å². The van der Waals surface area contributed by atoms with Crippen molar-refractivity contribution in [2.45, 2.75) is 26.3 Å². The SMILES string of the molecule is CCC(C(=O)Oc1ccc(N)cc1C(C)=O)N(C)C.Cl. The van der Waals surface area contributed by atoms with E-state index in [0.29, 0.717) is 17.7 Å². The van der Waals surface area contributed by atoms with Crippen LogP contribution in [-0.2, 0) is 4.79 Å². The van der Waals surface area contributed by atoms with Crippen LogP contribution in [0.25, 0.3) is 0 Å². The lowest BCUT2D eigenvalue weighted by molar-refractivity contribution is -0.139. The molecule has 5 nitrogen and oxygen atoms in total. The van der Waals surface area contributed by atoms with Gasteiger partial charge in [-0.1, -0.05) is 6.92 Å². The van der Waals surface area contributed by atoms with Crippen LogP contribution in [0.15, 0.2) is 18.2 Å². The van der Waals surface area contributed by atoms with E-state index in [1.165, 1.54) is 13.0 Å². The van der Waals surface area contributed by atoms with Crippen molar-refractivity contribution in [1.82, 2.24) is 4.90 Å². The average Bonchev–Trinajstić information content (AvgIpc) is 2.31. The second kappa shape index (κ2) is 7.87. The Morgan fingerprint density at radius 3 is 2.40 bits per heavy atom. The Morgan fingerprint density at radius 2 is 1.95 bits per heavy atom. The summed E-state index contributed by atoms with van der Waals surface area (Å²) in [7, 11) is 3.62. The maximum Gasteiger partial charge on any atom is 0.328 e. The summed E-state index contributed by atoms with van der Waals surface area (Å²) in [4.78, 5) is 25.3. The van der Waals surface area contributed by atoms with E-state index < -0.39 is 0 Å². The summed E-state index contributed by atoms with van der Waals surface area (Å²) in [5, 5.41) is 0. The van der Waals surface area contributed by atoms with E-state index in [1.807, 2.05) is 21.0 Å². The van der Waals surface area contributed by atoms with Crippen LogP contribution >= 0.6 is 12.4 Å². The zero-order valence-electron chi connectivity index (χ0n) is 12.2. The Labute approximate surface area is 125 Å². The zero-order chi connectivity index (χ0) is 14.6. The Hall–Kier alpha value is -1.59. The molecule has 1 aromatic carbocycles. The highest BCUT2D eigenvalue weighted by Crippen LogP contribution is 2.23. The molecule has 0 aliphatic heterocycles. The number of carbonyl (C=O) groups is 2. The van der Waals surface area contributed by atoms with Crippen molar-refractivity contribution in [3.05, 3.63) is 23.8 Å². The molecule has 112 valence electrons. The second-order valence-electron chi connectivity index (χ2n) is 4.62. The molecule has 0 bridgehead atoms. The van der Waals surface area contributed by atoms with Gasteiger partial charge in [-0.3, -0.25) is 9.69 Å². The fraction of sp³-hybridized carbons (Fsp3) is 0.429. The quantitative estimate of drug-likeness (QED) is 0.390. The molecule has 0 aliphatic rings. The number of rotatable bonds is 5. The van der Waals surface area contributed by atoms with E-state index in [9.17, 15) is 9.59 Å². The standard InChI is InChI=1S/C14H20N2O3.ClH/c1-5-12(16(3)4)14(18)19-13-7-6-10(15)8-11(13)9(2)17;/h6-8,12H,5,15H2,1-4H3;1H. The summed E-state index contributed by atoms with van der Waals surface area (Å²) in [6, 6.07) is 4.33. The van der Waals surface area contributed by atoms with Crippen molar-refractivity contribution in [2.75, 3.05) is 19.8 Å². The van der Waals surface area contributed by atoms with E-state index in [4.69, 9.17) is 10.5 Å². The van der Waals surface area contributed by atoms with Gasteiger partial charge in [0, 0.05) is 5.69 Å². The summed E-state index contributed by atoms with van der Waals surface area (Å²) in [6.45, 7) is 3.32. The summed E-state index contributed by atoms with van der Waals surface area (Å²) in [5.74, 6) is -0.306. The van der Waals surface area contributed by atoms with Crippen molar-refractivity contribution < 1.29 is 14.3 Å². The number of Topliss-reactive ketones (excluding diaryl/α,β-unsaturated/α-hetero) is 1. The number of ketones is 1. The summed E-state index contributed by atoms with van der Waals surface area (Å²) in [6.07, 6.45) is 0.635. The molecule has 0 aliphatic carbocycles. The summed E-state index contributed by atoms with van der Waals surface area (Å²) in [5.41, 5.74) is 6.41. The highest BCUT2D eigenvalue weighted by atomic mass is 35.5. The molecule has 20 heavy (non-hydrogen) atoms. The second-order valence-corrected chi connectivity index (χ2v) is 4.62. The number of hydrogen-bond donors (Lipinski definition) is 1. The smallest absolute Gasteiger partial charge is 0.328 e. The van der Waals surface area contributed by atoms with Crippen molar-refractivity contribution in [1.29, 1.82) is 0 Å². The maximum atomic E-state index is 12.0. The Bertz CT molecular complexity index is 489. The normalized spacial score (nSPS) is 11.7. The molecule has 1 aromatic rings. The minimum absolute atomic E-state index is 0. The topological polar surface area (TPSA) is 72.6 Å². The van der Waals surface area contributed by atoms with E-state index >= 15 is 0 Å². The van der Waals surface area contributed by atoms with Crippen molar-refractivity contribution >= 4 is 29.8 Å². The maximum absolute atomic E-state index is 12.0. The molecule has 0 aromatic heterocycles. The van der Waals surface area contributed by atoms with Crippen LogP contribution in [0, 0.1) is 0 Å². The van der Waals surface area contributed by atoms with Crippen molar-refractivity contribution in [2.24, 2.45) is 0 Å². The molecule has 0 fully saturated rings. The minimum Gasteiger partial charge on any atom is -0.425 e. The van der Waals surface area contributed by atoms with Gasteiger partial charge in [0.05, 0.1) is 5.56 Å². The van der Waals surface area contributed by atoms with E-state index in [2.05, 4.69) is 0 Å². The van der Waals surface area contributed by atoms with Gasteiger partial charge >= 0.3 is 5.97 Å². The molecule has 2 N–H and O–H groups in total. The predicted octanol–water partition coefficient (Wildman–Crippen LogP) is 2.14. The number of likely N-dealkylation sites (N-methyl/N-ethyl adjacent to an activating group) is 1. The van der Waals surface area contributed by atoms with Crippen LogP contribution < -0.4 is 10.5 Å². The van der Waals surface area contributed by atoms with Gasteiger partial charge in [-0.25, -0.2) is 4.79 Å². The highest BCUT2D eigenvalue weighted by molar-refractivity contribution is 5.98. The van der Waals surface area contributed by atoms with Crippen LogP contribution in [0.4, 0.5) is 5.69 Å². The number of anilines is 1. The first kappa shape index (κ1) is 18.4. The molecular formula is C14H21ClN2O3. The average molecular weight is 301 g/mol. The number of nitrogens with zero attached hydrogens (tertiary/aromatic N) is 1. The van der Waals surface area contributed by atoms with Crippen LogP contribution in [0.1, 0.15) is 30.6 Å². The number of halogens is 1. The first-order valence-corrected chi connectivity index (χ1v) is 6.15.